The van der Waals surface area contributed by atoms with Crippen molar-refractivity contribution in [1.82, 2.24) is 0 Å². The number of alkyl halides is 3. The summed E-state index contributed by atoms with van der Waals surface area (Å²) in [6, 6.07) is -0.149. The Morgan fingerprint density at radius 2 is 1.71 bits per heavy atom. The molecule has 0 aromatic heterocycles. The van der Waals surface area contributed by atoms with Gasteiger partial charge >= 0.3 is 6.18 Å². The maximum absolute atomic E-state index is 13.0. The summed E-state index contributed by atoms with van der Waals surface area (Å²) in [5, 5.41) is 8.78. The molecule has 98 valence electrons. The highest BCUT2D eigenvalue weighted by atomic mass is 35.5. The minimum Gasteiger partial charge on any atom is -0.382 e. The van der Waals surface area contributed by atoms with E-state index in [1.54, 1.807) is 0 Å². The maximum Gasteiger partial charge on any atom is 0.416 e. The molecule has 0 aliphatic heterocycles. The third kappa shape index (κ3) is 3.79. The topological polar surface area (TPSA) is 46.2 Å². The van der Waals surface area contributed by atoms with Crippen molar-refractivity contribution < 1.29 is 27.1 Å². The predicted octanol–water partition coefficient (Wildman–Crippen LogP) is 2.31. The Balaban J connectivity index is 0.00000256. The van der Waals surface area contributed by atoms with Crippen molar-refractivity contribution >= 4 is 12.4 Å². The molecule has 17 heavy (non-hydrogen) atoms. The maximum atomic E-state index is 13.0. The molecule has 0 aliphatic rings. The summed E-state index contributed by atoms with van der Waals surface area (Å²) in [6.07, 6.45) is -7.93. The summed E-state index contributed by atoms with van der Waals surface area (Å²) in [7, 11) is 0. The monoisotopic (exact) mass is 277 g/mol. The molecule has 0 heterocycles. The third-order valence-electron chi connectivity index (χ3n) is 1.99. The van der Waals surface area contributed by atoms with Crippen molar-refractivity contribution in [3.8, 4) is 0 Å². The summed E-state index contributed by atoms with van der Waals surface area (Å²) in [4.78, 5) is 0. The minimum atomic E-state index is -4.99. The van der Waals surface area contributed by atoms with Crippen molar-refractivity contribution in [3.05, 3.63) is 35.4 Å². The molecule has 1 aromatic rings. The number of benzene rings is 1. The van der Waals surface area contributed by atoms with E-state index in [4.69, 9.17) is 10.8 Å². The number of rotatable bonds is 2. The van der Waals surface area contributed by atoms with Crippen LogP contribution in [-0.4, -0.2) is 17.4 Å². The van der Waals surface area contributed by atoms with E-state index in [9.17, 15) is 22.0 Å². The van der Waals surface area contributed by atoms with Gasteiger partial charge in [0.15, 0.2) is 6.10 Å². The first kappa shape index (κ1) is 16.1. The molecule has 1 rings (SSSR count). The highest BCUT2D eigenvalue weighted by molar-refractivity contribution is 5.85. The third-order valence-corrected chi connectivity index (χ3v) is 1.99. The van der Waals surface area contributed by atoms with Crippen LogP contribution in [0.15, 0.2) is 18.2 Å². The fourth-order valence-corrected chi connectivity index (χ4v) is 1.14. The van der Waals surface area contributed by atoms with Crippen molar-refractivity contribution in [1.29, 1.82) is 0 Å². The van der Waals surface area contributed by atoms with Crippen molar-refractivity contribution in [2.45, 2.75) is 18.3 Å². The first-order valence-corrected chi connectivity index (χ1v) is 4.19. The van der Waals surface area contributed by atoms with Gasteiger partial charge in [-0.25, -0.2) is 8.78 Å². The lowest BCUT2D eigenvalue weighted by Gasteiger charge is -2.21. The smallest absolute Gasteiger partial charge is 0.382 e. The Morgan fingerprint density at radius 3 is 2.18 bits per heavy atom. The fourth-order valence-electron chi connectivity index (χ4n) is 1.14. The molecule has 0 unspecified atom stereocenters. The second-order valence-electron chi connectivity index (χ2n) is 3.18. The molecule has 0 amide bonds. The molecule has 0 fully saturated rings. The van der Waals surface area contributed by atoms with Gasteiger partial charge in [0.2, 0.25) is 0 Å². The molecule has 0 bridgehead atoms. The highest BCUT2D eigenvalue weighted by Crippen LogP contribution is 2.29. The average Bonchev–Trinajstić information content (AvgIpc) is 2.18. The summed E-state index contributed by atoms with van der Waals surface area (Å²) in [5.74, 6) is -2.03. The van der Waals surface area contributed by atoms with Crippen LogP contribution < -0.4 is 5.73 Å². The van der Waals surface area contributed by atoms with Crippen molar-refractivity contribution in [2.75, 3.05) is 0 Å². The van der Waals surface area contributed by atoms with Crippen LogP contribution in [0.25, 0.3) is 0 Å². The van der Waals surface area contributed by atoms with E-state index in [1.165, 1.54) is 0 Å². The van der Waals surface area contributed by atoms with Gasteiger partial charge < -0.3 is 10.8 Å². The van der Waals surface area contributed by atoms with E-state index in [1.807, 2.05) is 0 Å². The predicted molar refractivity (Wildman–Crippen MR) is 52.6 cm³/mol. The Labute approximate surface area is 99.6 Å². The Bertz CT molecular complexity index is 384. The largest absolute Gasteiger partial charge is 0.416 e. The zero-order valence-electron chi connectivity index (χ0n) is 8.21. The normalized spacial score (nSPS) is 15.0. The van der Waals surface area contributed by atoms with E-state index in [0.29, 0.717) is 12.1 Å². The van der Waals surface area contributed by atoms with E-state index < -0.39 is 35.5 Å². The van der Waals surface area contributed by atoms with Gasteiger partial charge in [-0.05, 0) is 18.2 Å². The summed E-state index contributed by atoms with van der Waals surface area (Å²) >= 11 is 0. The van der Waals surface area contributed by atoms with Crippen LogP contribution in [0.3, 0.4) is 0 Å². The second-order valence-corrected chi connectivity index (χ2v) is 3.18. The van der Waals surface area contributed by atoms with Crippen molar-refractivity contribution in [2.24, 2.45) is 5.73 Å². The average molecular weight is 278 g/mol. The quantitative estimate of drug-likeness (QED) is 0.815. The molecule has 3 N–H and O–H groups in total. The lowest BCUT2D eigenvalue weighted by Crippen LogP contribution is -2.39. The molecule has 0 radical (unpaired) electrons. The molecule has 0 spiro atoms. The Kier molecular flexibility index (Phi) is 5.31. The van der Waals surface area contributed by atoms with Gasteiger partial charge in [0.1, 0.15) is 11.6 Å². The molecule has 2 nitrogen and oxygen atoms in total. The molecular weight excluding hydrogens is 269 g/mol. The van der Waals surface area contributed by atoms with E-state index in [-0.39, 0.29) is 12.4 Å². The van der Waals surface area contributed by atoms with E-state index in [2.05, 4.69) is 0 Å². The summed E-state index contributed by atoms with van der Waals surface area (Å²) in [5.41, 5.74) is 4.30. The molecule has 0 aliphatic carbocycles. The van der Waals surface area contributed by atoms with Crippen LogP contribution in [-0.2, 0) is 0 Å². The summed E-state index contributed by atoms with van der Waals surface area (Å²) < 4.78 is 61.9. The van der Waals surface area contributed by atoms with Gasteiger partial charge in [-0.3, -0.25) is 0 Å². The molecule has 0 saturated carbocycles. The van der Waals surface area contributed by atoms with Gasteiger partial charge in [-0.1, -0.05) is 0 Å². The SMILES string of the molecule is Cl.N[C@@H](c1cc(F)ccc1F)[C@H](O)C(F)(F)F. The molecule has 8 heteroatoms. The first-order valence-electron chi connectivity index (χ1n) is 4.19. The number of aliphatic hydroxyl groups excluding tert-OH is 1. The fraction of sp³-hybridized carbons (Fsp3) is 0.333. The number of aliphatic hydroxyl groups is 1. The van der Waals surface area contributed by atoms with E-state index in [0.717, 1.165) is 6.07 Å². The van der Waals surface area contributed by atoms with Crippen molar-refractivity contribution in [3.63, 3.8) is 0 Å². The van der Waals surface area contributed by atoms with Crippen LogP contribution >= 0.6 is 12.4 Å². The lowest BCUT2D eigenvalue weighted by atomic mass is 10.0. The van der Waals surface area contributed by atoms with Gasteiger partial charge in [0, 0.05) is 5.56 Å². The number of nitrogens with two attached hydrogens (primary N) is 1. The molecular formula is C9H9ClF5NO. The zero-order valence-corrected chi connectivity index (χ0v) is 9.03. The lowest BCUT2D eigenvalue weighted by molar-refractivity contribution is -0.210. The number of halogens is 6. The Morgan fingerprint density at radius 1 is 1.18 bits per heavy atom. The van der Waals surface area contributed by atoms with E-state index >= 15 is 0 Å². The Hall–Kier alpha value is -0.920. The van der Waals surface area contributed by atoms with Crippen LogP contribution in [0.1, 0.15) is 11.6 Å². The van der Waals surface area contributed by atoms with Gasteiger partial charge in [-0.2, -0.15) is 13.2 Å². The van der Waals surface area contributed by atoms with Crippen LogP contribution in [0.5, 0.6) is 0 Å². The van der Waals surface area contributed by atoms with Gasteiger partial charge in [0.25, 0.3) is 0 Å². The number of hydrogen-bond donors (Lipinski definition) is 2. The number of hydrogen-bond acceptors (Lipinski definition) is 2. The standard InChI is InChI=1S/C9H8F5NO.ClH/c10-4-1-2-6(11)5(3-4)7(15)8(16)9(12,13)14;/h1-3,7-8,16H,15H2;1H/t7-,8-;/m0./s1. The van der Waals surface area contributed by atoms with Crippen LogP contribution in [0.2, 0.25) is 0 Å². The van der Waals surface area contributed by atoms with Crippen LogP contribution in [0.4, 0.5) is 22.0 Å². The van der Waals surface area contributed by atoms with Crippen LogP contribution in [0, 0.1) is 11.6 Å². The molecule has 2 atom stereocenters. The summed E-state index contributed by atoms with van der Waals surface area (Å²) in [6.45, 7) is 0. The first-order chi connectivity index (χ1) is 7.23. The highest BCUT2D eigenvalue weighted by Gasteiger charge is 2.43. The van der Waals surface area contributed by atoms with Gasteiger partial charge in [0.05, 0.1) is 6.04 Å². The second kappa shape index (κ2) is 5.61. The minimum absolute atomic E-state index is 0. The van der Waals surface area contributed by atoms with Gasteiger partial charge in [-0.15, -0.1) is 12.4 Å². The molecule has 0 saturated heterocycles. The molecule has 1 aromatic carbocycles. The zero-order chi connectivity index (χ0) is 12.5.